The third kappa shape index (κ3) is 3.80. The van der Waals surface area contributed by atoms with E-state index in [1.54, 1.807) is 12.4 Å². The number of benzene rings is 2. The Bertz CT molecular complexity index is 1260. The average molecular weight is 432 g/mol. The Hall–Kier alpha value is -3.45. The van der Waals surface area contributed by atoms with E-state index in [1.165, 1.54) is 13.2 Å². The minimum absolute atomic E-state index is 0.216. The van der Waals surface area contributed by atoms with Crippen LogP contribution in [0.25, 0.3) is 27.8 Å². The number of nitrogens with one attached hydrogen (secondary N) is 1. The van der Waals surface area contributed by atoms with Crippen molar-refractivity contribution in [1.29, 1.82) is 0 Å². The molecule has 0 saturated carbocycles. The predicted molar refractivity (Wildman–Crippen MR) is 123 cm³/mol. The van der Waals surface area contributed by atoms with E-state index >= 15 is 0 Å². The monoisotopic (exact) mass is 432 g/mol. The van der Waals surface area contributed by atoms with E-state index < -0.39 is 5.82 Å². The van der Waals surface area contributed by atoms with Crippen LogP contribution in [0.15, 0.2) is 55.0 Å². The van der Waals surface area contributed by atoms with Gasteiger partial charge in [-0.05, 0) is 55.2 Å². The Morgan fingerprint density at radius 1 is 1.12 bits per heavy atom. The molecule has 0 unspecified atom stereocenters. The molecule has 0 aliphatic carbocycles. The summed E-state index contributed by atoms with van der Waals surface area (Å²) < 4.78 is 27.2. The van der Waals surface area contributed by atoms with Gasteiger partial charge in [0.2, 0.25) is 0 Å². The summed E-state index contributed by atoms with van der Waals surface area (Å²) in [6.45, 7) is 3.52. The highest BCUT2D eigenvalue weighted by molar-refractivity contribution is 6.02. The zero-order chi connectivity index (χ0) is 22.1. The molecule has 1 aliphatic heterocycles. The van der Waals surface area contributed by atoms with Crippen molar-refractivity contribution in [2.24, 2.45) is 0 Å². The van der Waals surface area contributed by atoms with Gasteiger partial charge in [-0.25, -0.2) is 14.4 Å². The first-order valence-corrected chi connectivity index (χ1v) is 10.8. The molecule has 0 bridgehead atoms. The summed E-state index contributed by atoms with van der Waals surface area (Å²) in [6.07, 6.45) is 5.41. The molecule has 3 heterocycles. The molecular formula is C25H25FN4O2. The molecule has 5 rings (SSSR count). The number of ether oxygens (including phenoxy) is 2. The molecule has 164 valence electrons. The Morgan fingerprint density at radius 3 is 2.72 bits per heavy atom. The first-order chi connectivity index (χ1) is 15.6. The van der Waals surface area contributed by atoms with Crippen molar-refractivity contribution in [2.75, 3.05) is 25.6 Å². The number of aromatic nitrogens is 3. The molecule has 32 heavy (non-hydrogen) atoms. The molecular weight excluding hydrogens is 407 g/mol. The summed E-state index contributed by atoms with van der Waals surface area (Å²) in [5.74, 6) is 0.560. The summed E-state index contributed by atoms with van der Waals surface area (Å²) in [7, 11) is 1.46. The summed E-state index contributed by atoms with van der Waals surface area (Å²) in [4.78, 5) is 9.19. The lowest BCUT2D eigenvalue weighted by Gasteiger charge is -2.24. The van der Waals surface area contributed by atoms with E-state index in [-0.39, 0.29) is 11.8 Å². The van der Waals surface area contributed by atoms with Gasteiger partial charge in [-0.1, -0.05) is 18.2 Å². The quantitative estimate of drug-likeness (QED) is 0.473. The van der Waals surface area contributed by atoms with Gasteiger partial charge in [0.15, 0.2) is 17.2 Å². The smallest absolute Gasteiger partial charge is 0.165 e. The molecule has 0 amide bonds. The molecule has 2 aromatic heterocycles. The highest BCUT2D eigenvalue weighted by Gasteiger charge is 2.21. The van der Waals surface area contributed by atoms with Gasteiger partial charge in [0.05, 0.1) is 12.5 Å². The number of rotatable bonds is 5. The van der Waals surface area contributed by atoms with E-state index in [0.717, 1.165) is 65.3 Å². The van der Waals surface area contributed by atoms with Crippen LogP contribution in [0.3, 0.4) is 0 Å². The normalized spacial score (nSPS) is 14.6. The average Bonchev–Trinajstić information content (AvgIpc) is 3.20. The van der Waals surface area contributed by atoms with Gasteiger partial charge in [0.25, 0.3) is 0 Å². The second-order valence-electron chi connectivity index (χ2n) is 8.05. The van der Waals surface area contributed by atoms with E-state index in [4.69, 9.17) is 9.47 Å². The van der Waals surface area contributed by atoms with Crippen LogP contribution in [0, 0.1) is 12.7 Å². The van der Waals surface area contributed by atoms with Crippen molar-refractivity contribution in [1.82, 2.24) is 14.5 Å². The van der Waals surface area contributed by atoms with Crippen LogP contribution in [0.2, 0.25) is 0 Å². The molecule has 4 aromatic rings. The van der Waals surface area contributed by atoms with Gasteiger partial charge in [-0.15, -0.1) is 0 Å². The maximum Gasteiger partial charge on any atom is 0.165 e. The molecule has 0 atom stereocenters. The minimum Gasteiger partial charge on any atom is -0.494 e. The third-order valence-electron chi connectivity index (χ3n) is 5.89. The first-order valence-electron chi connectivity index (χ1n) is 10.8. The standard InChI is InChI=1S/C25H25FN4O2/c1-16-4-3-5-19(12-16)30-14-20(17-6-7-22(31-2)21(26)13-17)23-24(27-15-28-25(23)30)29-18-8-10-32-11-9-18/h3-7,12-15,18H,8-11H2,1-2H3,(H,27,28,29). The number of hydrogen-bond donors (Lipinski definition) is 1. The Balaban J connectivity index is 1.71. The lowest BCUT2D eigenvalue weighted by atomic mass is 10.0. The lowest BCUT2D eigenvalue weighted by molar-refractivity contribution is 0.0904. The van der Waals surface area contributed by atoms with Crippen LogP contribution < -0.4 is 10.1 Å². The maximum atomic E-state index is 14.6. The number of aryl methyl sites for hydroxylation is 1. The van der Waals surface area contributed by atoms with E-state index in [0.29, 0.717) is 0 Å². The maximum absolute atomic E-state index is 14.6. The van der Waals surface area contributed by atoms with Gasteiger partial charge in [-0.2, -0.15) is 0 Å². The fourth-order valence-corrected chi connectivity index (χ4v) is 4.23. The van der Waals surface area contributed by atoms with Crippen molar-refractivity contribution in [3.8, 4) is 22.6 Å². The van der Waals surface area contributed by atoms with Crippen molar-refractivity contribution in [2.45, 2.75) is 25.8 Å². The predicted octanol–water partition coefficient (Wildman–Crippen LogP) is 5.13. The number of hydrogen-bond acceptors (Lipinski definition) is 5. The van der Waals surface area contributed by atoms with Crippen LogP contribution in [0.5, 0.6) is 5.75 Å². The number of halogens is 1. The first kappa shape index (κ1) is 20.5. The topological polar surface area (TPSA) is 61.2 Å². The zero-order valence-electron chi connectivity index (χ0n) is 18.1. The van der Waals surface area contributed by atoms with Gasteiger partial charge in [0.1, 0.15) is 12.1 Å². The summed E-state index contributed by atoms with van der Waals surface area (Å²) >= 11 is 0. The molecule has 1 fully saturated rings. The fourth-order valence-electron chi connectivity index (χ4n) is 4.23. The van der Waals surface area contributed by atoms with Gasteiger partial charge >= 0.3 is 0 Å². The lowest BCUT2D eigenvalue weighted by Crippen LogP contribution is -2.28. The number of fused-ring (bicyclic) bond motifs is 1. The Labute approximate surface area is 186 Å². The van der Waals surface area contributed by atoms with Gasteiger partial charge in [-0.3, -0.25) is 0 Å². The zero-order valence-corrected chi connectivity index (χ0v) is 18.1. The van der Waals surface area contributed by atoms with E-state index in [1.807, 2.05) is 29.0 Å². The molecule has 1 N–H and O–H groups in total. The van der Waals surface area contributed by atoms with Crippen LogP contribution in [0.1, 0.15) is 18.4 Å². The second-order valence-corrected chi connectivity index (χ2v) is 8.05. The number of methoxy groups -OCH3 is 1. The van der Waals surface area contributed by atoms with Crippen molar-refractivity contribution in [3.05, 3.63) is 66.4 Å². The van der Waals surface area contributed by atoms with E-state index in [9.17, 15) is 4.39 Å². The van der Waals surface area contributed by atoms with Crippen molar-refractivity contribution >= 4 is 16.9 Å². The molecule has 7 heteroatoms. The fraction of sp³-hybridized carbons (Fsp3) is 0.280. The molecule has 0 spiro atoms. The van der Waals surface area contributed by atoms with Crippen LogP contribution in [0.4, 0.5) is 10.2 Å². The number of anilines is 1. The van der Waals surface area contributed by atoms with Crippen LogP contribution in [-0.4, -0.2) is 40.9 Å². The highest BCUT2D eigenvalue weighted by atomic mass is 19.1. The summed E-state index contributed by atoms with van der Waals surface area (Å²) in [5, 5.41) is 4.45. The largest absolute Gasteiger partial charge is 0.494 e. The van der Waals surface area contributed by atoms with Crippen molar-refractivity contribution in [3.63, 3.8) is 0 Å². The molecule has 2 aromatic carbocycles. The Kier molecular flexibility index (Phi) is 5.49. The third-order valence-corrected chi connectivity index (χ3v) is 5.89. The molecule has 1 aliphatic rings. The minimum atomic E-state index is -0.405. The molecule has 1 saturated heterocycles. The van der Waals surface area contributed by atoms with Gasteiger partial charge < -0.3 is 19.4 Å². The second kappa shape index (κ2) is 8.59. The SMILES string of the molecule is COc1ccc(-c2cn(-c3cccc(C)c3)c3ncnc(NC4CCOCC4)c23)cc1F. The highest BCUT2D eigenvalue weighted by Crippen LogP contribution is 2.37. The van der Waals surface area contributed by atoms with Crippen LogP contribution >= 0.6 is 0 Å². The van der Waals surface area contributed by atoms with Crippen LogP contribution in [-0.2, 0) is 4.74 Å². The summed E-state index contributed by atoms with van der Waals surface area (Å²) in [5.41, 5.74) is 4.51. The van der Waals surface area contributed by atoms with Gasteiger partial charge in [0, 0.05) is 36.7 Å². The molecule has 6 nitrogen and oxygen atoms in total. The van der Waals surface area contributed by atoms with E-state index in [2.05, 4.69) is 34.3 Å². The Morgan fingerprint density at radius 2 is 1.97 bits per heavy atom. The number of nitrogens with zero attached hydrogens (tertiary/aromatic N) is 3. The molecule has 0 radical (unpaired) electrons. The van der Waals surface area contributed by atoms with Crippen molar-refractivity contribution < 1.29 is 13.9 Å². The summed E-state index contributed by atoms with van der Waals surface area (Å²) in [6, 6.07) is 13.5.